The van der Waals surface area contributed by atoms with Gasteiger partial charge in [-0.15, -0.1) is 0 Å². The number of hydrogen-bond acceptors (Lipinski definition) is 5. The van der Waals surface area contributed by atoms with Crippen LogP contribution in [0.2, 0.25) is 0 Å². The van der Waals surface area contributed by atoms with Gasteiger partial charge in [0.2, 0.25) is 0 Å². The summed E-state index contributed by atoms with van der Waals surface area (Å²) in [5.74, 6) is 0.882. The molecule has 0 spiro atoms. The second-order valence-corrected chi connectivity index (χ2v) is 10.1. The van der Waals surface area contributed by atoms with Gasteiger partial charge >= 0.3 is 5.97 Å². The molecule has 1 amide bonds. The minimum atomic E-state index is -1.04. The number of rotatable bonds is 11. The van der Waals surface area contributed by atoms with E-state index >= 15 is 0 Å². The van der Waals surface area contributed by atoms with Crippen molar-refractivity contribution in [2.24, 2.45) is 5.92 Å². The quantitative estimate of drug-likeness (QED) is 0.143. The third-order valence-corrected chi connectivity index (χ3v) is 7.07. The number of carboxylic acids is 1. The Morgan fingerprint density at radius 1 is 0.951 bits per heavy atom. The summed E-state index contributed by atoms with van der Waals surface area (Å²) < 4.78 is 11.6. The molecular formula is C34H36N2O5. The molecule has 2 unspecified atom stereocenters. The van der Waals surface area contributed by atoms with Crippen molar-refractivity contribution in [3.63, 3.8) is 0 Å². The number of carbonyl (C=O) groups is 2. The molecule has 0 radical (unpaired) electrons. The van der Waals surface area contributed by atoms with E-state index in [1.807, 2.05) is 48.5 Å². The Labute approximate surface area is 241 Å². The van der Waals surface area contributed by atoms with Crippen molar-refractivity contribution in [1.29, 1.82) is 0 Å². The number of allylic oxidation sites excluding steroid dienone is 2. The maximum absolute atomic E-state index is 12.9. The molecule has 1 heterocycles. The van der Waals surface area contributed by atoms with E-state index in [-0.39, 0.29) is 11.5 Å². The Morgan fingerprint density at radius 3 is 2.54 bits per heavy atom. The normalized spacial score (nSPS) is 17.5. The fourth-order valence-electron chi connectivity index (χ4n) is 4.80. The molecule has 1 fully saturated rings. The van der Waals surface area contributed by atoms with Crippen molar-refractivity contribution in [2.45, 2.75) is 44.4 Å². The van der Waals surface area contributed by atoms with Gasteiger partial charge in [-0.25, -0.2) is 4.79 Å². The van der Waals surface area contributed by atoms with Gasteiger partial charge in [0.05, 0.1) is 30.3 Å². The van der Waals surface area contributed by atoms with Gasteiger partial charge in [-0.2, -0.15) is 0 Å². The predicted molar refractivity (Wildman–Crippen MR) is 160 cm³/mol. The van der Waals surface area contributed by atoms with Gasteiger partial charge in [-0.05, 0) is 86.2 Å². The average Bonchev–Trinajstić information content (AvgIpc) is 2.97. The molecular weight excluding hydrogens is 516 g/mol. The zero-order chi connectivity index (χ0) is 28.9. The van der Waals surface area contributed by atoms with Crippen LogP contribution < -0.4 is 10.1 Å². The van der Waals surface area contributed by atoms with Gasteiger partial charge < -0.3 is 19.9 Å². The summed E-state index contributed by atoms with van der Waals surface area (Å²) in [6.07, 6.45) is 14.6. The summed E-state index contributed by atoms with van der Waals surface area (Å²) >= 11 is 0. The first-order valence-corrected chi connectivity index (χ1v) is 13.9. The fourth-order valence-corrected chi connectivity index (χ4v) is 4.80. The molecule has 0 saturated heterocycles. The number of anilines is 1. The number of aromatic nitrogens is 1. The van der Waals surface area contributed by atoms with Crippen molar-refractivity contribution in [3.05, 3.63) is 121 Å². The Morgan fingerprint density at radius 2 is 1.76 bits per heavy atom. The lowest BCUT2D eigenvalue weighted by atomic mass is 9.84. The SMILES string of the molecule is C=C(C=CC=COCC1CCCCC(c2ccc(NC(=O)c3cccc(Oc4ccccc4)c3)cn2)CC1)C(=O)O. The molecule has 1 aliphatic carbocycles. The zero-order valence-corrected chi connectivity index (χ0v) is 23.1. The third-order valence-electron chi connectivity index (χ3n) is 7.07. The molecule has 41 heavy (non-hydrogen) atoms. The highest BCUT2D eigenvalue weighted by atomic mass is 16.5. The maximum Gasteiger partial charge on any atom is 0.335 e. The van der Waals surface area contributed by atoms with E-state index in [1.165, 1.54) is 6.08 Å². The van der Waals surface area contributed by atoms with Crippen LogP contribution in [0.25, 0.3) is 0 Å². The number of carbonyl (C=O) groups excluding carboxylic acids is 1. The Kier molecular flexibility index (Phi) is 10.9. The average molecular weight is 553 g/mol. The summed E-state index contributed by atoms with van der Waals surface area (Å²) in [6.45, 7) is 4.08. The van der Waals surface area contributed by atoms with E-state index in [9.17, 15) is 9.59 Å². The number of aliphatic carboxylic acids is 1. The van der Waals surface area contributed by atoms with Crippen LogP contribution in [0.3, 0.4) is 0 Å². The molecule has 1 aromatic heterocycles. The van der Waals surface area contributed by atoms with E-state index in [0.29, 0.717) is 41.2 Å². The first kappa shape index (κ1) is 29.3. The van der Waals surface area contributed by atoms with Crippen molar-refractivity contribution >= 4 is 17.6 Å². The number of nitrogens with one attached hydrogen (secondary N) is 1. The second-order valence-electron chi connectivity index (χ2n) is 10.1. The van der Waals surface area contributed by atoms with E-state index in [1.54, 1.807) is 42.8 Å². The summed E-state index contributed by atoms with van der Waals surface area (Å²) in [4.78, 5) is 28.3. The van der Waals surface area contributed by atoms with Gasteiger partial charge in [-0.1, -0.05) is 49.8 Å². The topological polar surface area (TPSA) is 97.8 Å². The molecule has 7 nitrogen and oxygen atoms in total. The molecule has 4 rings (SSSR count). The lowest BCUT2D eigenvalue weighted by Gasteiger charge is -2.24. The van der Waals surface area contributed by atoms with Gasteiger partial charge in [0, 0.05) is 17.2 Å². The first-order valence-electron chi connectivity index (χ1n) is 13.9. The number of carboxylic acid groups (broad SMARTS) is 1. The largest absolute Gasteiger partial charge is 0.501 e. The van der Waals surface area contributed by atoms with Crippen LogP contribution in [0, 0.1) is 5.92 Å². The minimum absolute atomic E-state index is 0.0316. The van der Waals surface area contributed by atoms with Gasteiger partial charge in [0.1, 0.15) is 11.5 Å². The van der Waals surface area contributed by atoms with Gasteiger partial charge in [-0.3, -0.25) is 9.78 Å². The van der Waals surface area contributed by atoms with Crippen LogP contribution in [0.5, 0.6) is 11.5 Å². The molecule has 1 saturated carbocycles. The molecule has 0 aliphatic heterocycles. The van der Waals surface area contributed by atoms with Crippen LogP contribution in [0.4, 0.5) is 5.69 Å². The van der Waals surface area contributed by atoms with Crippen LogP contribution in [0.1, 0.15) is 60.5 Å². The molecule has 2 N–H and O–H groups in total. The first-order chi connectivity index (χ1) is 20.0. The van der Waals surface area contributed by atoms with E-state index < -0.39 is 5.97 Å². The fraction of sp³-hybridized carbons (Fsp3) is 0.265. The molecule has 2 atom stereocenters. The lowest BCUT2D eigenvalue weighted by molar-refractivity contribution is -0.132. The number of nitrogens with zero attached hydrogens (tertiary/aromatic N) is 1. The number of pyridine rings is 1. The van der Waals surface area contributed by atoms with Crippen molar-refractivity contribution in [1.82, 2.24) is 4.98 Å². The number of hydrogen-bond donors (Lipinski definition) is 2. The van der Waals surface area contributed by atoms with Crippen LogP contribution >= 0.6 is 0 Å². The summed E-state index contributed by atoms with van der Waals surface area (Å²) in [7, 11) is 0. The smallest absolute Gasteiger partial charge is 0.335 e. The van der Waals surface area contributed by atoms with Crippen LogP contribution in [-0.4, -0.2) is 28.6 Å². The Balaban J connectivity index is 1.26. The Bertz CT molecular complexity index is 1370. The number of benzene rings is 2. The van der Waals surface area contributed by atoms with Crippen molar-refractivity contribution < 1.29 is 24.2 Å². The van der Waals surface area contributed by atoms with Gasteiger partial charge in [0.15, 0.2) is 0 Å². The molecule has 7 heteroatoms. The van der Waals surface area contributed by atoms with E-state index in [4.69, 9.17) is 19.6 Å². The Hall–Kier alpha value is -4.65. The maximum atomic E-state index is 12.9. The third kappa shape index (κ3) is 9.49. The minimum Gasteiger partial charge on any atom is -0.501 e. The standard InChI is InChI=1S/C34H36N2O5/c1-25(34(38)39)10-7-8-21-40-24-26-11-5-6-12-27(18-17-26)32-20-19-29(23-35-32)36-33(37)28-13-9-16-31(22-28)41-30-14-3-2-4-15-30/h2-4,7-10,13-16,19-23,26-27H,1,5-6,11-12,17-18,24H2,(H,36,37)(H,38,39). The highest BCUT2D eigenvalue weighted by Gasteiger charge is 2.20. The molecule has 1 aliphatic rings. The molecule has 2 aromatic carbocycles. The van der Waals surface area contributed by atoms with Gasteiger partial charge in [0.25, 0.3) is 5.91 Å². The van der Waals surface area contributed by atoms with Crippen LogP contribution in [0.15, 0.2) is 110 Å². The highest BCUT2D eigenvalue weighted by Crippen LogP contribution is 2.33. The van der Waals surface area contributed by atoms with Crippen molar-refractivity contribution in [2.75, 3.05) is 11.9 Å². The summed E-state index contributed by atoms with van der Waals surface area (Å²) in [5, 5.41) is 11.8. The number of ether oxygens (including phenoxy) is 2. The molecule has 0 bridgehead atoms. The lowest BCUT2D eigenvalue weighted by Crippen LogP contribution is -2.14. The second kappa shape index (κ2) is 15.2. The number of para-hydroxylation sites is 1. The monoisotopic (exact) mass is 552 g/mol. The summed E-state index contributed by atoms with van der Waals surface area (Å²) in [6, 6.07) is 20.5. The predicted octanol–water partition coefficient (Wildman–Crippen LogP) is 7.91. The highest BCUT2D eigenvalue weighted by molar-refractivity contribution is 6.04. The van der Waals surface area contributed by atoms with Crippen LogP contribution in [-0.2, 0) is 9.53 Å². The van der Waals surface area contributed by atoms with E-state index in [2.05, 4.69) is 11.9 Å². The van der Waals surface area contributed by atoms with E-state index in [0.717, 1.165) is 44.2 Å². The summed E-state index contributed by atoms with van der Waals surface area (Å²) in [5.41, 5.74) is 2.24. The van der Waals surface area contributed by atoms with Crippen molar-refractivity contribution in [3.8, 4) is 11.5 Å². The molecule has 3 aromatic rings. The number of amides is 1. The molecule has 212 valence electrons. The zero-order valence-electron chi connectivity index (χ0n) is 23.1.